The average molecular weight is 259 g/mol. The van der Waals surface area contributed by atoms with E-state index in [2.05, 4.69) is 6.07 Å². The minimum absolute atomic E-state index is 0.310. The SMILES string of the molecule is COc1ccc(F)cc1C(N)c1cc(C)cc(C)c1. The van der Waals surface area contributed by atoms with Crippen molar-refractivity contribution in [2.75, 3.05) is 7.11 Å². The Balaban J connectivity index is 2.48. The minimum Gasteiger partial charge on any atom is -0.496 e. The second-order valence-corrected chi connectivity index (χ2v) is 4.78. The summed E-state index contributed by atoms with van der Waals surface area (Å²) in [4.78, 5) is 0. The van der Waals surface area contributed by atoms with Gasteiger partial charge in [0.2, 0.25) is 0 Å². The quantitative estimate of drug-likeness (QED) is 0.915. The van der Waals surface area contributed by atoms with Gasteiger partial charge in [-0.15, -0.1) is 0 Å². The summed E-state index contributed by atoms with van der Waals surface area (Å²) in [6.07, 6.45) is 0. The van der Waals surface area contributed by atoms with Gasteiger partial charge in [-0.3, -0.25) is 0 Å². The van der Waals surface area contributed by atoms with Crippen molar-refractivity contribution in [2.24, 2.45) is 5.73 Å². The summed E-state index contributed by atoms with van der Waals surface area (Å²) in [5.41, 5.74) is 10.2. The van der Waals surface area contributed by atoms with Crippen molar-refractivity contribution in [3.63, 3.8) is 0 Å². The Morgan fingerprint density at radius 3 is 2.26 bits per heavy atom. The van der Waals surface area contributed by atoms with E-state index < -0.39 is 6.04 Å². The van der Waals surface area contributed by atoms with Crippen molar-refractivity contribution < 1.29 is 9.13 Å². The van der Waals surface area contributed by atoms with Crippen molar-refractivity contribution in [3.05, 3.63) is 64.5 Å². The molecule has 2 nitrogen and oxygen atoms in total. The van der Waals surface area contributed by atoms with Crippen LogP contribution in [0.2, 0.25) is 0 Å². The van der Waals surface area contributed by atoms with Crippen molar-refractivity contribution in [1.82, 2.24) is 0 Å². The number of halogens is 1. The largest absolute Gasteiger partial charge is 0.496 e. The van der Waals surface area contributed by atoms with Crippen LogP contribution in [0.5, 0.6) is 5.75 Å². The van der Waals surface area contributed by atoms with E-state index >= 15 is 0 Å². The van der Waals surface area contributed by atoms with Gasteiger partial charge in [-0.25, -0.2) is 4.39 Å². The molecule has 19 heavy (non-hydrogen) atoms. The lowest BCUT2D eigenvalue weighted by Crippen LogP contribution is -2.14. The highest BCUT2D eigenvalue weighted by atomic mass is 19.1. The molecular weight excluding hydrogens is 241 g/mol. The van der Waals surface area contributed by atoms with Gasteiger partial charge in [-0.2, -0.15) is 0 Å². The maximum absolute atomic E-state index is 13.4. The number of ether oxygens (including phenoxy) is 1. The monoisotopic (exact) mass is 259 g/mol. The highest BCUT2D eigenvalue weighted by Crippen LogP contribution is 2.29. The first kappa shape index (κ1) is 13.6. The van der Waals surface area contributed by atoms with Crippen LogP contribution in [0.3, 0.4) is 0 Å². The smallest absolute Gasteiger partial charge is 0.124 e. The van der Waals surface area contributed by atoms with E-state index in [1.807, 2.05) is 26.0 Å². The summed E-state index contributed by atoms with van der Waals surface area (Å²) in [6.45, 7) is 4.04. The van der Waals surface area contributed by atoms with E-state index in [1.54, 1.807) is 13.2 Å². The van der Waals surface area contributed by atoms with Gasteiger partial charge in [0.15, 0.2) is 0 Å². The van der Waals surface area contributed by atoms with Crippen LogP contribution in [0.15, 0.2) is 36.4 Å². The Labute approximate surface area is 113 Å². The molecule has 0 aliphatic rings. The van der Waals surface area contributed by atoms with Crippen LogP contribution in [0.4, 0.5) is 4.39 Å². The van der Waals surface area contributed by atoms with Crippen LogP contribution >= 0.6 is 0 Å². The second kappa shape index (κ2) is 5.41. The third kappa shape index (κ3) is 2.93. The lowest BCUT2D eigenvalue weighted by Gasteiger charge is -2.17. The first-order chi connectivity index (χ1) is 9.01. The van der Waals surface area contributed by atoms with E-state index in [0.717, 1.165) is 16.7 Å². The Morgan fingerprint density at radius 2 is 1.68 bits per heavy atom. The third-order valence-electron chi connectivity index (χ3n) is 3.13. The molecule has 3 heteroatoms. The number of hydrogen-bond donors (Lipinski definition) is 1. The molecular formula is C16H18FNO. The molecule has 0 aromatic heterocycles. The van der Waals surface area contributed by atoms with Gasteiger partial charge in [0.05, 0.1) is 13.2 Å². The molecule has 1 atom stereocenters. The molecule has 2 aromatic carbocycles. The fourth-order valence-electron chi connectivity index (χ4n) is 2.32. The van der Waals surface area contributed by atoms with E-state index in [0.29, 0.717) is 11.3 Å². The van der Waals surface area contributed by atoms with Crippen molar-refractivity contribution >= 4 is 0 Å². The summed E-state index contributed by atoms with van der Waals surface area (Å²) >= 11 is 0. The average Bonchev–Trinajstić information content (AvgIpc) is 2.36. The number of nitrogens with two attached hydrogens (primary N) is 1. The molecule has 0 saturated carbocycles. The molecule has 0 bridgehead atoms. The molecule has 0 aliphatic carbocycles. The summed E-state index contributed by atoms with van der Waals surface area (Å²) in [7, 11) is 1.56. The predicted octanol–water partition coefficient (Wildman–Crippen LogP) is 3.50. The fourth-order valence-corrected chi connectivity index (χ4v) is 2.32. The number of methoxy groups -OCH3 is 1. The highest BCUT2D eigenvalue weighted by Gasteiger charge is 2.15. The normalized spacial score (nSPS) is 12.3. The van der Waals surface area contributed by atoms with Crippen molar-refractivity contribution in [3.8, 4) is 5.75 Å². The van der Waals surface area contributed by atoms with Crippen LogP contribution in [0.1, 0.15) is 28.3 Å². The van der Waals surface area contributed by atoms with E-state index in [1.165, 1.54) is 12.1 Å². The first-order valence-electron chi connectivity index (χ1n) is 6.18. The van der Waals surface area contributed by atoms with Gasteiger partial charge >= 0.3 is 0 Å². The maximum atomic E-state index is 13.4. The van der Waals surface area contributed by atoms with Crippen LogP contribution in [-0.2, 0) is 0 Å². The molecule has 0 amide bonds. The zero-order valence-corrected chi connectivity index (χ0v) is 11.4. The Kier molecular flexibility index (Phi) is 3.86. The van der Waals surface area contributed by atoms with Crippen LogP contribution in [0, 0.1) is 19.7 Å². The lowest BCUT2D eigenvalue weighted by atomic mass is 9.95. The Hall–Kier alpha value is -1.87. The van der Waals surface area contributed by atoms with Crippen LogP contribution in [0.25, 0.3) is 0 Å². The topological polar surface area (TPSA) is 35.2 Å². The molecule has 0 saturated heterocycles. The Bertz CT molecular complexity index is 575. The summed E-state index contributed by atoms with van der Waals surface area (Å²) < 4.78 is 18.7. The van der Waals surface area contributed by atoms with Gasteiger partial charge < -0.3 is 10.5 Å². The molecule has 100 valence electrons. The van der Waals surface area contributed by atoms with E-state index in [9.17, 15) is 4.39 Å². The molecule has 1 unspecified atom stereocenters. The summed E-state index contributed by atoms with van der Waals surface area (Å²) in [6, 6.07) is 10.1. The molecule has 0 fully saturated rings. The van der Waals surface area contributed by atoms with Gasteiger partial charge in [0.25, 0.3) is 0 Å². The molecule has 0 radical (unpaired) electrons. The van der Waals surface area contributed by atoms with Crippen LogP contribution < -0.4 is 10.5 Å². The molecule has 0 aliphatic heterocycles. The summed E-state index contributed by atoms with van der Waals surface area (Å²) in [5.74, 6) is 0.295. The van der Waals surface area contributed by atoms with Crippen LogP contribution in [-0.4, -0.2) is 7.11 Å². The molecule has 0 spiro atoms. The van der Waals surface area contributed by atoms with Gasteiger partial charge in [0, 0.05) is 5.56 Å². The molecule has 0 heterocycles. The zero-order chi connectivity index (χ0) is 14.0. The van der Waals surface area contributed by atoms with Gasteiger partial charge in [-0.1, -0.05) is 29.3 Å². The third-order valence-corrected chi connectivity index (χ3v) is 3.13. The standard InChI is InChI=1S/C16H18FNO/c1-10-6-11(2)8-12(7-10)16(18)14-9-13(17)4-5-15(14)19-3/h4-9,16H,18H2,1-3H3. The number of aryl methyl sites for hydroxylation is 2. The van der Waals surface area contributed by atoms with E-state index in [-0.39, 0.29) is 5.82 Å². The van der Waals surface area contributed by atoms with Crippen molar-refractivity contribution in [1.29, 1.82) is 0 Å². The second-order valence-electron chi connectivity index (χ2n) is 4.78. The van der Waals surface area contributed by atoms with Gasteiger partial charge in [-0.05, 0) is 37.6 Å². The zero-order valence-electron chi connectivity index (χ0n) is 11.4. The minimum atomic E-state index is -0.399. The maximum Gasteiger partial charge on any atom is 0.124 e. The summed E-state index contributed by atoms with van der Waals surface area (Å²) in [5, 5.41) is 0. The molecule has 2 rings (SSSR count). The number of rotatable bonds is 3. The van der Waals surface area contributed by atoms with E-state index in [4.69, 9.17) is 10.5 Å². The first-order valence-corrected chi connectivity index (χ1v) is 6.18. The molecule has 2 aromatic rings. The fraction of sp³-hybridized carbons (Fsp3) is 0.250. The van der Waals surface area contributed by atoms with Crippen molar-refractivity contribution in [2.45, 2.75) is 19.9 Å². The van der Waals surface area contributed by atoms with Gasteiger partial charge in [0.1, 0.15) is 11.6 Å². The molecule has 2 N–H and O–H groups in total. The number of benzene rings is 2. The lowest BCUT2D eigenvalue weighted by molar-refractivity contribution is 0.406. The number of hydrogen-bond acceptors (Lipinski definition) is 2. The predicted molar refractivity (Wildman–Crippen MR) is 74.9 cm³/mol. The Morgan fingerprint density at radius 1 is 1.05 bits per heavy atom. The highest BCUT2D eigenvalue weighted by molar-refractivity contribution is 5.43.